The van der Waals surface area contributed by atoms with Crippen molar-refractivity contribution in [2.45, 2.75) is 0 Å². The minimum absolute atomic E-state index is 0.580. The Bertz CT molecular complexity index is 741. The maximum atomic E-state index is 12.4. The van der Waals surface area contributed by atoms with Gasteiger partial charge in [-0.05, 0) is 0 Å². The van der Waals surface area contributed by atoms with E-state index in [1.165, 1.54) is 0 Å². The number of hydrogen-bond donors (Lipinski definition) is 0. The van der Waals surface area contributed by atoms with Crippen LogP contribution in [0.1, 0.15) is 0 Å². The van der Waals surface area contributed by atoms with Gasteiger partial charge in [0.1, 0.15) is 0 Å². The van der Waals surface area contributed by atoms with Crippen LogP contribution < -0.4 is 0 Å². The van der Waals surface area contributed by atoms with E-state index in [1.807, 2.05) is 0 Å². The molecule has 152 valence electrons. The molecule has 0 heterocycles. The van der Waals surface area contributed by atoms with Crippen LogP contribution in [0.25, 0.3) is 0 Å². The molecule has 0 radical (unpaired) electrons. The Morgan fingerprint density at radius 2 is 0.846 bits per heavy atom. The first-order chi connectivity index (χ1) is 11.8. The normalized spacial score (nSPS) is 13.2. The average molecular weight is 452 g/mol. The van der Waals surface area contributed by atoms with Crippen molar-refractivity contribution in [3.8, 4) is 0 Å². The lowest BCUT2D eigenvalue weighted by atomic mass is 10.9. The maximum absolute atomic E-state index is 12.4. The van der Waals surface area contributed by atoms with Gasteiger partial charge in [0.15, 0.2) is 29.5 Å². The van der Waals surface area contributed by atoms with Crippen LogP contribution in [0.4, 0.5) is 0 Å². The van der Waals surface area contributed by atoms with Crippen molar-refractivity contribution >= 4 is 37.3 Å². The minimum Gasteiger partial charge on any atom is -0.286 e. The van der Waals surface area contributed by atoms with Gasteiger partial charge in [-0.2, -0.15) is 0 Å². The average Bonchev–Trinajstić information content (AvgIpc) is 2.54. The molecule has 0 N–H and O–H groups in total. The van der Waals surface area contributed by atoms with Crippen LogP contribution in [-0.2, 0) is 47.6 Å². The van der Waals surface area contributed by atoms with Crippen LogP contribution >= 0.6 is 7.82 Å². The first-order valence-electron chi connectivity index (χ1n) is 6.89. The topological polar surface area (TPSA) is 147 Å². The number of phosphoric ester groups is 1. The summed E-state index contributed by atoms with van der Waals surface area (Å²) in [5.41, 5.74) is 0. The molecule has 0 aliphatic rings. The Morgan fingerprint density at radius 1 is 0.615 bits per heavy atom. The van der Waals surface area contributed by atoms with Crippen LogP contribution in [0.2, 0.25) is 0 Å². The standard InChI is InChI=1S/C12H21O10PS3/c1-4-24(14,15)10-7-20-23(13,21-8-11-25(16,17)5-2)22-9-12-26(18,19)6-3/h4-6H,1-3,7-12H2. The van der Waals surface area contributed by atoms with Crippen molar-refractivity contribution in [1.29, 1.82) is 0 Å². The molecule has 26 heavy (non-hydrogen) atoms. The zero-order valence-corrected chi connectivity index (χ0v) is 17.2. The van der Waals surface area contributed by atoms with Crippen molar-refractivity contribution < 1.29 is 43.4 Å². The van der Waals surface area contributed by atoms with Crippen molar-refractivity contribution in [3.63, 3.8) is 0 Å². The van der Waals surface area contributed by atoms with E-state index < -0.39 is 74.4 Å². The van der Waals surface area contributed by atoms with Crippen LogP contribution in [0.3, 0.4) is 0 Å². The Balaban J connectivity index is 4.94. The summed E-state index contributed by atoms with van der Waals surface area (Å²) in [6.07, 6.45) is 0. The van der Waals surface area contributed by atoms with Gasteiger partial charge in [0.05, 0.1) is 37.1 Å². The van der Waals surface area contributed by atoms with Crippen LogP contribution in [-0.4, -0.2) is 62.3 Å². The van der Waals surface area contributed by atoms with E-state index in [9.17, 15) is 29.8 Å². The molecule has 0 saturated carbocycles. The van der Waals surface area contributed by atoms with Gasteiger partial charge in [0.2, 0.25) is 0 Å². The van der Waals surface area contributed by atoms with Crippen LogP contribution in [0.15, 0.2) is 36.0 Å². The summed E-state index contributed by atoms with van der Waals surface area (Å²) >= 11 is 0. The van der Waals surface area contributed by atoms with Crippen molar-refractivity contribution in [2.24, 2.45) is 0 Å². The Hall–Kier alpha value is -0.820. The molecular weight excluding hydrogens is 431 g/mol. The fourth-order valence-corrected chi connectivity index (χ4v) is 4.14. The highest BCUT2D eigenvalue weighted by Crippen LogP contribution is 2.49. The first kappa shape index (κ1) is 25.2. The molecule has 14 heteroatoms. The maximum Gasteiger partial charge on any atom is 0.474 e. The molecule has 0 amide bonds. The number of phosphoric acid groups is 1. The largest absolute Gasteiger partial charge is 0.474 e. The van der Waals surface area contributed by atoms with Gasteiger partial charge in [-0.3, -0.25) is 13.6 Å². The van der Waals surface area contributed by atoms with E-state index in [2.05, 4.69) is 19.7 Å². The molecular formula is C12H21O10PS3. The van der Waals surface area contributed by atoms with Gasteiger partial charge in [0.25, 0.3) is 0 Å². The fourth-order valence-electron chi connectivity index (χ4n) is 1.16. The number of hydrogen-bond acceptors (Lipinski definition) is 10. The highest BCUT2D eigenvalue weighted by atomic mass is 32.2. The van der Waals surface area contributed by atoms with E-state index in [1.54, 1.807) is 0 Å². The summed E-state index contributed by atoms with van der Waals surface area (Å²) in [5, 5.41) is 2.03. The lowest BCUT2D eigenvalue weighted by Gasteiger charge is -2.17. The number of rotatable bonds is 15. The van der Waals surface area contributed by atoms with Crippen LogP contribution in [0.5, 0.6) is 0 Å². The minimum atomic E-state index is -4.41. The number of sulfone groups is 3. The zero-order chi connectivity index (χ0) is 20.5. The monoisotopic (exact) mass is 452 g/mol. The molecule has 10 nitrogen and oxygen atoms in total. The Labute approximate surface area is 153 Å². The van der Waals surface area contributed by atoms with E-state index in [0.717, 1.165) is 0 Å². The third-order valence-electron chi connectivity index (χ3n) is 2.61. The predicted octanol–water partition coefficient (Wildman–Crippen LogP) is 0.819. The van der Waals surface area contributed by atoms with Crippen molar-refractivity contribution in [3.05, 3.63) is 36.0 Å². The summed E-state index contributed by atoms with van der Waals surface area (Å²) in [6.45, 7) is 7.47. The molecule has 0 aliphatic heterocycles. The van der Waals surface area contributed by atoms with E-state index >= 15 is 0 Å². The van der Waals surface area contributed by atoms with E-state index in [-0.39, 0.29) is 0 Å². The summed E-state index contributed by atoms with van der Waals surface area (Å²) in [6, 6.07) is 0. The molecule has 0 rings (SSSR count). The molecule has 0 spiro atoms. The zero-order valence-electron chi connectivity index (χ0n) is 13.9. The first-order valence-corrected chi connectivity index (χ1v) is 13.5. The highest BCUT2D eigenvalue weighted by Gasteiger charge is 2.28. The summed E-state index contributed by atoms with van der Waals surface area (Å²) < 4.78 is 94.7. The van der Waals surface area contributed by atoms with Gasteiger partial charge >= 0.3 is 7.82 Å². The molecule has 0 atom stereocenters. The van der Waals surface area contributed by atoms with Gasteiger partial charge < -0.3 is 0 Å². The molecule has 0 saturated heterocycles. The third-order valence-corrected chi connectivity index (χ3v) is 7.84. The smallest absolute Gasteiger partial charge is 0.286 e. The molecule has 0 fully saturated rings. The highest BCUT2D eigenvalue weighted by molar-refractivity contribution is 7.94. The molecule has 0 aromatic rings. The summed E-state index contributed by atoms with van der Waals surface area (Å²) in [7, 11) is -15.4. The fraction of sp³-hybridized carbons (Fsp3) is 0.500. The van der Waals surface area contributed by atoms with E-state index in [0.29, 0.717) is 16.2 Å². The molecule has 0 bridgehead atoms. The molecule has 0 aromatic carbocycles. The third kappa shape index (κ3) is 11.0. The lowest BCUT2D eigenvalue weighted by molar-refractivity contribution is 0.128. The quantitative estimate of drug-likeness (QED) is 0.327. The van der Waals surface area contributed by atoms with Gasteiger partial charge in [-0.25, -0.2) is 29.8 Å². The van der Waals surface area contributed by atoms with Gasteiger partial charge in [-0.1, -0.05) is 19.7 Å². The summed E-state index contributed by atoms with van der Waals surface area (Å²) in [4.78, 5) is 0. The second-order valence-corrected chi connectivity index (χ2v) is 12.4. The predicted molar refractivity (Wildman–Crippen MR) is 97.4 cm³/mol. The molecule has 0 aliphatic carbocycles. The van der Waals surface area contributed by atoms with Gasteiger partial charge in [-0.15, -0.1) is 0 Å². The Kier molecular flexibility index (Phi) is 10.2. The molecule has 0 aromatic heterocycles. The SMILES string of the molecule is C=CS(=O)(=O)CCOP(=O)(OCCS(=O)(=O)C=C)OCCS(=O)(=O)C=C. The second kappa shape index (κ2) is 10.5. The van der Waals surface area contributed by atoms with Crippen molar-refractivity contribution in [2.75, 3.05) is 37.1 Å². The summed E-state index contributed by atoms with van der Waals surface area (Å²) in [5.74, 6) is -1.74. The lowest BCUT2D eigenvalue weighted by Crippen LogP contribution is -2.15. The van der Waals surface area contributed by atoms with Crippen molar-refractivity contribution in [1.82, 2.24) is 0 Å². The molecule has 0 unspecified atom stereocenters. The second-order valence-electron chi connectivity index (χ2n) is 4.55. The van der Waals surface area contributed by atoms with E-state index in [4.69, 9.17) is 13.6 Å². The Morgan fingerprint density at radius 3 is 1.04 bits per heavy atom. The van der Waals surface area contributed by atoms with Gasteiger partial charge in [0, 0.05) is 16.2 Å². The van der Waals surface area contributed by atoms with Crippen LogP contribution in [0, 0.1) is 0 Å².